The number of carboxylic acid groups (broad SMARTS) is 1. The summed E-state index contributed by atoms with van der Waals surface area (Å²) in [6, 6.07) is 7.10. The van der Waals surface area contributed by atoms with Crippen LogP contribution >= 0.6 is 23.7 Å². The lowest BCUT2D eigenvalue weighted by Crippen LogP contribution is -2.63. The summed E-state index contributed by atoms with van der Waals surface area (Å²) in [6.07, 6.45) is 0. The summed E-state index contributed by atoms with van der Waals surface area (Å²) in [6.45, 7) is 5.72. The number of aryl methyl sites for hydroxylation is 1. The number of carbonyl (C=O) groups excluding carboxylic acids is 1. The minimum Gasteiger partial charge on any atom is -0.480 e. The highest BCUT2D eigenvalue weighted by Crippen LogP contribution is 2.50. The molecule has 0 radical (unpaired) electrons. The highest BCUT2D eigenvalue weighted by atomic mass is 32.2. The lowest BCUT2D eigenvalue weighted by Gasteiger charge is -2.37. The van der Waals surface area contributed by atoms with E-state index < -0.39 is 16.8 Å². The largest absolute Gasteiger partial charge is 0.480 e. The molecule has 2 aliphatic heterocycles. The fourth-order valence-electron chi connectivity index (χ4n) is 2.66. The summed E-state index contributed by atoms with van der Waals surface area (Å²) in [5.74, 6) is -1.23. The van der Waals surface area contributed by atoms with Crippen molar-refractivity contribution in [1.29, 1.82) is 0 Å². The number of benzene rings is 1. The second kappa shape index (κ2) is 5.31. The Kier molecular flexibility index (Phi) is 3.72. The third kappa shape index (κ3) is 2.42. The molecule has 0 spiro atoms. The van der Waals surface area contributed by atoms with Crippen molar-refractivity contribution in [2.45, 2.75) is 41.8 Å². The first-order chi connectivity index (χ1) is 10.3. The van der Waals surface area contributed by atoms with Gasteiger partial charge in [0.1, 0.15) is 17.1 Å². The number of thioether (sulfide) groups is 1. The van der Waals surface area contributed by atoms with E-state index in [0.29, 0.717) is 5.71 Å². The molecule has 1 N–H and O–H groups in total. The minimum atomic E-state index is -0.960. The van der Waals surface area contributed by atoms with E-state index in [2.05, 4.69) is 4.40 Å². The molecule has 0 saturated carbocycles. The predicted octanol–water partition coefficient (Wildman–Crippen LogP) is 2.59. The number of hydrogen-bond acceptors (Lipinski definition) is 5. The topological polar surface area (TPSA) is 70.0 Å². The predicted molar refractivity (Wildman–Crippen MR) is 88.2 cm³/mol. The maximum Gasteiger partial charge on any atom is 0.327 e. The molecule has 5 nitrogen and oxygen atoms in total. The summed E-state index contributed by atoms with van der Waals surface area (Å²) in [7, 11) is 0. The van der Waals surface area contributed by atoms with E-state index in [0.717, 1.165) is 4.90 Å². The number of hydrogen-bond donors (Lipinski definition) is 1. The number of β-lactam (4-membered cyclic amide) rings is 1. The highest BCUT2D eigenvalue weighted by Gasteiger charge is 2.62. The smallest absolute Gasteiger partial charge is 0.327 e. The number of fused-ring (bicyclic) bond motifs is 1. The van der Waals surface area contributed by atoms with Gasteiger partial charge in [0.05, 0.1) is 0 Å². The molecule has 2 atom stereocenters. The molecule has 7 heteroatoms. The van der Waals surface area contributed by atoms with Crippen LogP contribution in [0.15, 0.2) is 33.6 Å². The van der Waals surface area contributed by atoms with Crippen LogP contribution in [-0.2, 0) is 9.59 Å². The highest BCUT2D eigenvalue weighted by molar-refractivity contribution is 8.03. The standard InChI is InChI=1S/C15H16N2O3S2/c1-8-4-6-9(7-5-8)22-16-10-12(18)17-11(14(19)20)15(2,3)21-13(10)17/h4-7,11,13H,1-3H3,(H,19,20)/b16-10+. The molecule has 2 aliphatic rings. The second-order valence-electron chi connectivity index (χ2n) is 5.91. The molecule has 2 heterocycles. The van der Waals surface area contributed by atoms with Crippen LogP contribution in [0.4, 0.5) is 0 Å². The zero-order valence-corrected chi connectivity index (χ0v) is 14.1. The first-order valence-electron chi connectivity index (χ1n) is 6.86. The number of aliphatic carboxylic acids is 1. The van der Waals surface area contributed by atoms with E-state index in [9.17, 15) is 14.7 Å². The van der Waals surface area contributed by atoms with Crippen LogP contribution < -0.4 is 0 Å². The van der Waals surface area contributed by atoms with Crippen LogP contribution in [-0.4, -0.2) is 43.8 Å². The lowest BCUT2D eigenvalue weighted by molar-refractivity contribution is -0.150. The van der Waals surface area contributed by atoms with E-state index in [4.69, 9.17) is 0 Å². The number of rotatable bonds is 3. The summed E-state index contributed by atoms with van der Waals surface area (Å²) >= 11 is 2.74. The van der Waals surface area contributed by atoms with Crippen molar-refractivity contribution < 1.29 is 14.7 Å². The number of nitrogens with zero attached hydrogens (tertiary/aromatic N) is 2. The molecule has 1 aromatic rings. The van der Waals surface area contributed by atoms with Crippen molar-refractivity contribution in [3.63, 3.8) is 0 Å². The van der Waals surface area contributed by atoms with Crippen LogP contribution in [0.3, 0.4) is 0 Å². The Bertz CT molecular complexity index is 670. The van der Waals surface area contributed by atoms with E-state index in [1.54, 1.807) is 0 Å². The molecule has 1 aromatic carbocycles. The molecule has 0 aromatic heterocycles. The summed E-state index contributed by atoms with van der Waals surface area (Å²) in [5.41, 5.74) is 1.62. The van der Waals surface area contributed by atoms with Gasteiger partial charge in [-0.2, -0.15) is 0 Å². The van der Waals surface area contributed by atoms with E-state index in [-0.39, 0.29) is 11.3 Å². The van der Waals surface area contributed by atoms with Crippen LogP contribution in [0.1, 0.15) is 19.4 Å². The molecule has 22 heavy (non-hydrogen) atoms. The van der Waals surface area contributed by atoms with Crippen molar-refractivity contribution >= 4 is 41.3 Å². The van der Waals surface area contributed by atoms with Gasteiger partial charge < -0.3 is 10.0 Å². The molecule has 2 saturated heterocycles. The van der Waals surface area contributed by atoms with E-state index in [1.807, 2.05) is 45.0 Å². The van der Waals surface area contributed by atoms with Crippen molar-refractivity contribution in [3.8, 4) is 0 Å². The van der Waals surface area contributed by atoms with E-state index in [1.165, 1.54) is 34.2 Å². The van der Waals surface area contributed by atoms with Crippen LogP contribution in [0.5, 0.6) is 0 Å². The number of carbonyl (C=O) groups is 2. The van der Waals surface area contributed by atoms with Gasteiger partial charge in [-0.1, -0.05) is 17.7 Å². The van der Waals surface area contributed by atoms with Gasteiger partial charge in [0.25, 0.3) is 5.91 Å². The number of carboxylic acids is 1. The first kappa shape index (κ1) is 15.4. The Balaban J connectivity index is 1.78. The molecular formula is C15H16N2O3S2. The fourth-order valence-corrected chi connectivity index (χ4v) is 4.88. The van der Waals surface area contributed by atoms with Crippen LogP contribution in [0.2, 0.25) is 0 Å². The zero-order chi connectivity index (χ0) is 16.1. The van der Waals surface area contributed by atoms with Gasteiger partial charge >= 0.3 is 5.97 Å². The Morgan fingerprint density at radius 3 is 2.59 bits per heavy atom. The lowest BCUT2D eigenvalue weighted by atomic mass is 9.98. The Morgan fingerprint density at radius 2 is 2.00 bits per heavy atom. The quantitative estimate of drug-likeness (QED) is 0.679. The van der Waals surface area contributed by atoms with Gasteiger partial charge in [0.15, 0.2) is 0 Å². The van der Waals surface area contributed by atoms with Gasteiger partial charge in [-0.3, -0.25) is 4.79 Å². The summed E-state index contributed by atoms with van der Waals surface area (Å²) in [4.78, 5) is 26.0. The molecule has 1 amide bonds. The van der Waals surface area contributed by atoms with Crippen molar-refractivity contribution in [1.82, 2.24) is 4.90 Å². The monoisotopic (exact) mass is 336 g/mol. The molecule has 2 fully saturated rings. The summed E-state index contributed by atoms with van der Waals surface area (Å²) < 4.78 is 3.82. The number of amides is 1. The molecule has 2 unspecified atom stereocenters. The van der Waals surface area contributed by atoms with E-state index >= 15 is 0 Å². The van der Waals surface area contributed by atoms with Gasteiger partial charge in [-0.15, -0.1) is 11.8 Å². The van der Waals surface area contributed by atoms with Gasteiger partial charge in [-0.25, -0.2) is 9.19 Å². The maximum atomic E-state index is 12.2. The molecule has 0 bridgehead atoms. The Morgan fingerprint density at radius 1 is 1.36 bits per heavy atom. The Hall–Kier alpha value is -1.47. The van der Waals surface area contributed by atoms with Crippen LogP contribution in [0.25, 0.3) is 0 Å². The summed E-state index contributed by atoms with van der Waals surface area (Å²) in [5, 5.41) is 9.11. The fraction of sp³-hybridized carbons (Fsp3) is 0.400. The average molecular weight is 336 g/mol. The van der Waals surface area contributed by atoms with Crippen LogP contribution in [0, 0.1) is 6.92 Å². The van der Waals surface area contributed by atoms with Gasteiger partial charge in [0.2, 0.25) is 0 Å². The third-order valence-electron chi connectivity index (χ3n) is 3.80. The minimum absolute atomic E-state index is 0.249. The first-order valence-corrected chi connectivity index (χ1v) is 8.51. The van der Waals surface area contributed by atoms with Crippen molar-refractivity contribution in [2.75, 3.05) is 0 Å². The normalized spacial score (nSPS) is 27.7. The molecule has 3 rings (SSSR count). The van der Waals surface area contributed by atoms with Gasteiger partial charge in [0, 0.05) is 21.6 Å². The zero-order valence-electron chi connectivity index (χ0n) is 12.4. The maximum absolute atomic E-state index is 12.2. The van der Waals surface area contributed by atoms with Crippen molar-refractivity contribution in [2.24, 2.45) is 4.40 Å². The van der Waals surface area contributed by atoms with Crippen molar-refractivity contribution in [3.05, 3.63) is 29.8 Å². The SMILES string of the molecule is Cc1ccc(S/N=C2\C(=O)N3C2SC(C)(C)C3C(=O)O)cc1. The van der Waals surface area contributed by atoms with Gasteiger partial charge in [-0.05, 0) is 32.9 Å². The average Bonchev–Trinajstić information content (AvgIpc) is 2.69. The molecule has 0 aliphatic carbocycles. The molecule has 116 valence electrons. The third-order valence-corrected chi connectivity index (χ3v) is 6.07. The molecular weight excluding hydrogens is 320 g/mol. The Labute approximate surface area is 137 Å². The second-order valence-corrected chi connectivity index (χ2v) is 8.48.